The Morgan fingerprint density at radius 2 is 1.36 bits per heavy atom. The van der Waals surface area contributed by atoms with Crippen molar-refractivity contribution >= 4 is 30.2 Å². The molecule has 1 aromatic rings. The van der Waals surface area contributed by atoms with Crippen LogP contribution in [-0.4, -0.2) is 40.3 Å². The smallest absolute Gasteiger partial charge is 0.281 e. The molecule has 0 aliphatic rings. The largest absolute Gasteiger partial charge is 0.448 e. The predicted molar refractivity (Wildman–Crippen MR) is 67.0 cm³/mol. The molecule has 0 heterocycles. The maximum Gasteiger partial charge on any atom is 0.448 e. The molecular weight excluding hydrogens is 432 g/mol. The van der Waals surface area contributed by atoms with E-state index in [1.54, 1.807) is 0 Å². The Morgan fingerprint density at radius 3 is 1.76 bits per heavy atom. The number of alkyl halides is 4. The molecule has 0 radical (unpaired) electrons. The molecule has 2 N–H and O–H groups in total. The van der Waals surface area contributed by atoms with Crippen LogP contribution in [0.2, 0.25) is 0 Å². The van der Waals surface area contributed by atoms with Gasteiger partial charge in [-0.1, -0.05) is 4.13 Å². The predicted octanol–water partition coefficient (Wildman–Crippen LogP) is 0.646. The maximum atomic E-state index is 13.3. The van der Waals surface area contributed by atoms with E-state index in [9.17, 15) is 51.6 Å². The van der Waals surface area contributed by atoms with Crippen LogP contribution in [0.3, 0.4) is 0 Å². The first-order chi connectivity index (χ1) is 10.9. The van der Waals surface area contributed by atoms with E-state index >= 15 is 0 Å². The summed E-state index contributed by atoms with van der Waals surface area (Å²) in [5.74, 6) is -3.31. The summed E-state index contributed by atoms with van der Waals surface area (Å²) in [4.78, 5) is -1.72. The maximum absolute atomic E-state index is 13.3. The van der Waals surface area contributed by atoms with E-state index in [-0.39, 0.29) is 22.3 Å². The van der Waals surface area contributed by atoms with Crippen molar-refractivity contribution in [2.45, 2.75) is 15.4 Å². The van der Waals surface area contributed by atoms with Gasteiger partial charge in [-0.25, -0.2) is 25.6 Å². The number of sulfonamides is 2. The van der Waals surface area contributed by atoms with E-state index in [0.29, 0.717) is 0 Å². The molecule has 0 amide bonds. The molecule has 0 aliphatic carbocycles. The van der Waals surface area contributed by atoms with Crippen LogP contribution in [0.1, 0.15) is 0 Å². The molecule has 25 heavy (non-hydrogen) atoms. The molecule has 0 atom stereocenters. The van der Waals surface area contributed by atoms with Gasteiger partial charge in [0.2, 0.25) is 0 Å². The molecule has 0 spiro atoms. The number of rotatable bonds is 6. The van der Waals surface area contributed by atoms with Gasteiger partial charge in [0.1, 0.15) is 16.5 Å². The number of halogens is 6. The number of nitrogens with one attached hydrogen (secondary N) is 1. The summed E-state index contributed by atoms with van der Waals surface area (Å²) in [6, 6.07) is 0.267. The summed E-state index contributed by atoms with van der Waals surface area (Å²) in [6.07, 6.45) is 0. The molecule has 0 bridgehead atoms. The summed E-state index contributed by atoms with van der Waals surface area (Å²) < 4.78 is 153. The summed E-state index contributed by atoms with van der Waals surface area (Å²) in [6.45, 7) is 0. The van der Waals surface area contributed by atoms with Crippen LogP contribution in [0.4, 0.5) is 26.3 Å². The normalized spacial score (nSPS) is 14.5. The Morgan fingerprint density at radius 1 is 0.880 bits per heavy atom. The van der Waals surface area contributed by atoms with E-state index < -0.39 is 57.2 Å². The number of hydrogen-bond acceptors (Lipinski definition) is 6. The second-order valence-corrected chi connectivity index (χ2v) is 9.27. The first-order valence-electron chi connectivity index (χ1n) is 5.33. The third kappa shape index (κ3) is 3.73. The molecular formula is C8H5F6NO7S3. The van der Waals surface area contributed by atoms with Crippen LogP contribution >= 0.6 is 0 Å². The van der Waals surface area contributed by atoms with Crippen LogP contribution in [0.15, 0.2) is 23.1 Å². The summed E-state index contributed by atoms with van der Waals surface area (Å²) in [7, 11) is -19.9. The van der Waals surface area contributed by atoms with E-state index in [1.165, 1.54) is 0 Å². The van der Waals surface area contributed by atoms with Crippen LogP contribution < -0.4 is 4.13 Å². The van der Waals surface area contributed by atoms with Gasteiger partial charge in [-0.2, -0.15) is 26.0 Å². The van der Waals surface area contributed by atoms with Crippen molar-refractivity contribution in [1.82, 2.24) is 4.13 Å². The Balaban J connectivity index is 3.46. The molecule has 0 unspecified atom stereocenters. The van der Waals surface area contributed by atoms with Gasteiger partial charge in [0, 0.05) is 6.07 Å². The third-order valence-corrected chi connectivity index (χ3v) is 7.03. The van der Waals surface area contributed by atoms with Gasteiger partial charge in [-0.3, -0.25) is 4.55 Å². The average molecular weight is 437 g/mol. The van der Waals surface area contributed by atoms with Gasteiger partial charge < -0.3 is 0 Å². The Kier molecular flexibility index (Phi) is 5.25. The number of hydrogen-bond donors (Lipinski definition) is 2. The van der Waals surface area contributed by atoms with Gasteiger partial charge in [-0.15, -0.1) is 0 Å². The minimum absolute atomic E-state index is 0.00412. The van der Waals surface area contributed by atoms with Crippen molar-refractivity contribution < 1.29 is 56.1 Å². The molecule has 0 saturated heterocycles. The van der Waals surface area contributed by atoms with Gasteiger partial charge in [0.25, 0.3) is 20.0 Å². The zero-order chi connectivity index (χ0) is 20.1. The van der Waals surface area contributed by atoms with Crippen LogP contribution in [0.5, 0.6) is 0 Å². The average Bonchev–Trinajstić information content (AvgIpc) is 2.34. The van der Waals surface area contributed by atoms with Gasteiger partial charge in [-0.05, 0) is 12.1 Å². The van der Waals surface area contributed by atoms with Crippen molar-refractivity contribution in [3.63, 3.8) is 0 Å². The highest BCUT2D eigenvalue weighted by Crippen LogP contribution is 2.42. The topological polar surface area (TPSA) is 135 Å². The molecule has 1 aromatic carbocycles. The molecule has 0 aromatic heterocycles. The number of benzene rings is 1. The monoisotopic (exact) mass is 437 g/mol. The fraction of sp³-hybridized carbons (Fsp3) is 0.250. The zero-order valence-corrected chi connectivity index (χ0v) is 13.6. The van der Waals surface area contributed by atoms with Gasteiger partial charge in [0.15, 0.2) is 0 Å². The minimum atomic E-state index is -7.05. The highest BCUT2D eigenvalue weighted by atomic mass is 32.3. The lowest BCUT2D eigenvalue weighted by Gasteiger charge is -2.23. The van der Waals surface area contributed by atoms with Crippen molar-refractivity contribution in [3.8, 4) is 0 Å². The lowest BCUT2D eigenvalue weighted by molar-refractivity contribution is -0.101. The van der Waals surface area contributed by atoms with Gasteiger partial charge >= 0.3 is 20.6 Å². The molecule has 17 heteroatoms. The lowest BCUT2D eigenvalue weighted by atomic mass is 10.3. The molecule has 0 aliphatic heterocycles. The highest BCUT2D eigenvalue weighted by molar-refractivity contribution is 8.05. The van der Waals surface area contributed by atoms with Crippen molar-refractivity contribution in [3.05, 3.63) is 29.8 Å². The summed E-state index contributed by atoms with van der Waals surface area (Å²) in [5.41, 5.74) is 0. The van der Waals surface area contributed by atoms with E-state index in [0.717, 1.165) is 0 Å². The second kappa shape index (κ2) is 6.08. The quantitative estimate of drug-likeness (QED) is 0.493. The van der Waals surface area contributed by atoms with Crippen molar-refractivity contribution in [1.29, 1.82) is 0 Å². The van der Waals surface area contributed by atoms with Gasteiger partial charge in [0.05, 0.1) is 0 Å². The van der Waals surface area contributed by atoms with Crippen LogP contribution in [-0.2, 0) is 30.2 Å². The Hall–Kier alpha value is -1.43. The van der Waals surface area contributed by atoms with Crippen molar-refractivity contribution in [2.75, 3.05) is 0 Å². The second-order valence-electron chi connectivity index (χ2n) is 4.17. The summed E-state index contributed by atoms with van der Waals surface area (Å²) >= 11 is 0. The highest BCUT2D eigenvalue weighted by Gasteiger charge is 2.74. The molecule has 1 rings (SSSR count). The minimum Gasteiger partial charge on any atom is -0.281 e. The van der Waals surface area contributed by atoms with Crippen molar-refractivity contribution in [2.24, 2.45) is 0 Å². The fourth-order valence-corrected chi connectivity index (χ4v) is 5.00. The molecule has 8 nitrogen and oxygen atoms in total. The molecule has 0 saturated carbocycles. The van der Waals surface area contributed by atoms with E-state index in [4.69, 9.17) is 4.55 Å². The molecule has 144 valence electrons. The third-order valence-electron chi connectivity index (χ3n) is 2.40. The Bertz CT molecular complexity index is 1000. The molecule has 0 fully saturated rings. The zero-order valence-electron chi connectivity index (χ0n) is 11.1. The first-order valence-corrected chi connectivity index (χ1v) is 9.73. The summed E-state index contributed by atoms with van der Waals surface area (Å²) in [5, 5.41) is -13.3. The SMILES string of the molecule is O=S(=O)(NS(=O)(=O)C(F)(F)C(F)(F)S(=O)(=O)O)c1ccc(F)cc1F. The fourth-order valence-electron chi connectivity index (χ4n) is 1.24. The Labute approximate surface area is 136 Å². The van der Waals surface area contributed by atoms with E-state index in [2.05, 4.69) is 0 Å². The van der Waals surface area contributed by atoms with Crippen LogP contribution in [0.25, 0.3) is 0 Å². The lowest BCUT2D eigenvalue weighted by Crippen LogP contribution is -2.56. The first kappa shape index (κ1) is 21.6. The standard InChI is InChI=1S/C8H5F6NO7S3/c9-4-1-2-6(5(10)3-4)23(16,17)15-24(18,19)7(11,12)8(13,14)25(20,21)22/h1-3,15H,(H,20,21,22). The van der Waals surface area contributed by atoms with Crippen LogP contribution in [0, 0.1) is 11.6 Å². The van der Waals surface area contributed by atoms with E-state index in [1.807, 2.05) is 0 Å².